The molecule has 0 aliphatic carbocycles. The van der Waals surface area contributed by atoms with E-state index in [0.717, 1.165) is 81.9 Å². The number of rotatable bonds is 9. The molecule has 0 saturated carbocycles. The molecule has 28 heavy (non-hydrogen) atoms. The Bertz CT molecular complexity index is 656. The summed E-state index contributed by atoms with van der Waals surface area (Å²) in [5.41, 5.74) is 7.50. The molecule has 1 saturated heterocycles. The topological polar surface area (TPSA) is 82.8 Å². The van der Waals surface area contributed by atoms with E-state index in [4.69, 9.17) is 5.73 Å². The minimum absolute atomic E-state index is 0.0611. The highest BCUT2D eigenvalue weighted by Crippen LogP contribution is 2.16. The fourth-order valence-corrected chi connectivity index (χ4v) is 3.58. The van der Waals surface area contributed by atoms with Gasteiger partial charge in [-0.3, -0.25) is 9.79 Å². The van der Waals surface area contributed by atoms with Crippen molar-refractivity contribution < 1.29 is 9.18 Å². The molecule has 0 unspecified atom stereocenters. The molecule has 1 heterocycles. The first-order valence-corrected chi connectivity index (χ1v) is 10.2. The lowest BCUT2D eigenvalue weighted by Gasteiger charge is -2.30. The fourth-order valence-electron chi connectivity index (χ4n) is 3.58. The number of aryl methyl sites for hydroxylation is 1. The van der Waals surface area contributed by atoms with Crippen molar-refractivity contribution in [1.29, 1.82) is 0 Å². The van der Waals surface area contributed by atoms with E-state index in [9.17, 15) is 9.18 Å². The number of nitrogens with one attached hydrogen (secondary N) is 2. The molecule has 1 aliphatic heterocycles. The van der Waals surface area contributed by atoms with E-state index in [1.165, 1.54) is 6.07 Å². The van der Waals surface area contributed by atoms with Crippen LogP contribution in [-0.4, -0.2) is 56.5 Å². The monoisotopic (exact) mass is 391 g/mol. The minimum atomic E-state index is -0.191. The molecule has 1 aromatic rings. The van der Waals surface area contributed by atoms with Crippen molar-refractivity contribution in [3.63, 3.8) is 0 Å². The molecule has 2 rings (SSSR count). The van der Waals surface area contributed by atoms with E-state index in [0.29, 0.717) is 0 Å². The second-order valence-electron chi connectivity index (χ2n) is 7.47. The molecule has 7 heteroatoms. The second kappa shape index (κ2) is 11.6. The predicted molar refractivity (Wildman–Crippen MR) is 112 cm³/mol. The van der Waals surface area contributed by atoms with Crippen LogP contribution in [-0.2, 0) is 11.2 Å². The third-order valence-electron chi connectivity index (χ3n) is 5.40. The fraction of sp³-hybridized carbons (Fsp3) is 0.619. The van der Waals surface area contributed by atoms with Crippen molar-refractivity contribution in [1.82, 2.24) is 15.5 Å². The zero-order chi connectivity index (χ0) is 20.4. The summed E-state index contributed by atoms with van der Waals surface area (Å²) < 4.78 is 13.2. The maximum absolute atomic E-state index is 13.2. The van der Waals surface area contributed by atoms with Gasteiger partial charge in [-0.25, -0.2) is 4.39 Å². The number of nitrogens with zero attached hydrogens (tertiary/aromatic N) is 2. The molecule has 1 fully saturated rings. The third kappa shape index (κ3) is 7.46. The van der Waals surface area contributed by atoms with Crippen LogP contribution in [0.5, 0.6) is 0 Å². The summed E-state index contributed by atoms with van der Waals surface area (Å²) in [4.78, 5) is 17.9. The van der Waals surface area contributed by atoms with Gasteiger partial charge in [0.25, 0.3) is 0 Å². The number of halogens is 1. The normalized spacial score (nSPS) is 16.2. The van der Waals surface area contributed by atoms with Crippen LogP contribution in [0.3, 0.4) is 0 Å². The zero-order valence-corrected chi connectivity index (χ0v) is 17.1. The van der Waals surface area contributed by atoms with Crippen molar-refractivity contribution in [3.8, 4) is 0 Å². The second-order valence-corrected chi connectivity index (χ2v) is 7.47. The van der Waals surface area contributed by atoms with Crippen LogP contribution >= 0.6 is 0 Å². The number of amides is 1. The van der Waals surface area contributed by atoms with Crippen LogP contribution in [0.4, 0.5) is 4.39 Å². The molecule has 156 valence electrons. The summed E-state index contributed by atoms with van der Waals surface area (Å²) in [6, 6.07) is 4.92. The number of hydrogen-bond donors (Lipinski definition) is 3. The average molecular weight is 392 g/mol. The number of benzene rings is 1. The lowest BCUT2D eigenvalue weighted by molar-refractivity contribution is -0.123. The Morgan fingerprint density at radius 3 is 2.61 bits per heavy atom. The summed E-state index contributed by atoms with van der Waals surface area (Å²) >= 11 is 0. The summed E-state index contributed by atoms with van der Waals surface area (Å²) in [5, 5.41) is 6.64. The van der Waals surface area contributed by atoms with E-state index >= 15 is 0 Å². The van der Waals surface area contributed by atoms with Gasteiger partial charge in [-0.1, -0.05) is 6.07 Å². The van der Waals surface area contributed by atoms with Gasteiger partial charge in [0.2, 0.25) is 5.91 Å². The van der Waals surface area contributed by atoms with Gasteiger partial charge in [-0.15, -0.1) is 0 Å². The number of carbonyl (C=O) groups is 1. The van der Waals surface area contributed by atoms with Gasteiger partial charge in [0.05, 0.1) is 0 Å². The van der Waals surface area contributed by atoms with Crippen LogP contribution in [0.2, 0.25) is 0 Å². The van der Waals surface area contributed by atoms with Crippen LogP contribution in [0.15, 0.2) is 23.2 Å². The molecule has 0 spiro atoms. The molecule has 4 N–H and O–H groups in total. The van der Waals surface area contributed by atoms with Gasteiger partial charge in [0.15, 0.2) is 5.96 Å². The molecule has 0 aromatic heterocycles. The largest absolute Gasteiger partial charge is 0.369 e. The molecule has 6 nitrogen and oxygen atoms in total. The van der Waals surface area contributed by atoms with E-state index in [1.807, 2.05) is 13.0 Å². The first-order chi connectivity index (χ1) is 13.5. The Labute approximate surface area is 167 Å². The van der Waals surface area contributed by atoms with Gasteiger partial charge >= 0.3 is 0 Å². The highest BCUT2D eigenvalue weighted by Gasteiger charge is 2.22. The number of primary amides is 1. The minimum Gasteiger partial charge on any atom is -0.369 e. The molecular weight excluding hydrogens is 357 g/mol. The quantitative estimate of drug-likeness (QED) is 0.341. The Morgan fingerprint density at radius 2 is 1.96 bits per heavy atom. The number of hydrogen-bond acceptors (Lipinski definition) is 3. The summed E-state index contributed by atoms with van der Waals surface area (Å²) in [6.45, 7) is 6.54. The number of nitrogens with two attached hydrogens (primary N) is 1. The lowest BCUT2D eigenvalue weighted by Crippen LogP contribution is -2.40. The SMILES string of the molecule is CN=C(NCCCCN1CCC(C(N)=O)CC1)NCCc1ccc(F)cc1C. The van der Waals surface area contributed by atoms with Gasteiger partial charge in [0.1, 0.15) is 5.82 Å². The first kappa shape index (κ1) is 22.1. The molecule has 1 aliphatic rings. The number of carbonyl (C=O) groups excluding carboxylic acids is 1. The highest BCUT2D eigenvalue weighted by atomic mass is 19.1. The van der Waals surface area contributed by atoms with Crippen LogP contribution in [0.25, 0.3) is 0 Å². The van der Waals surface area contributed by atoms with Crippen LogP contribution in [0, 0.1) is 18.7 Å². The third-order valence-corrected chi connectivity index (χ3v) is 5.40. The smallest absolute Gasteiger partial charge is 0.220 e. The van der Waals surface area contributed by atoms with Crippen molar-refractivity contribution in [2.24, 2.45) is 16.6 Å². The lowest BCUT2D eigenvalue weighted by atomic mass is 9.96. The summed E-state index contributed by atoms with van der Waals surface area (Å²) in [5.74, 6) is 0.509. The average Bonchev–Trinajstić information content (AvgIpc) is 2.68. The number of unbranched alkanes of at least 4 members (excludes halogenated alkanes) is 1. The predicted octanol–water partition coefficient (Wildman–Crippen LogP) is 1.82. The number of piperidine rings is 1. The molecular formula is C21H34FN5O. The Morgan fingerprint density at radius 1 is 1.25 bits per heavy atom. The Hall–Kier alpha value is -2.15. The van der Waals surface area contributed by atoms with Crippen LogP contribution in [0.1, 0.15) is 36.8 Å². The summed E-state index contributed by atoms with van der Waals surface area (Å²) in [7, 11) is 1.77. The molecule has 1 amide bonds. The molecule has 0 bridgehead atoms. The van der Waals surface area contributed by atoms with Gasteiger partial charge in [-0.2, -0.15) is 0 Å². The number of guanidine groups is 1. The van der Waals surface area contributed by atoms with E-state index in [1.54, 1.807) is 13.1 Å². The number of likely N-dealkylation sites (tertiary alicyclic amines) is 1. The van der Waals surface area contributed by atoms with E-state index in [2.05, 4.69) is 20.5 Å². The van der Waals surface area contributed by atoms with Gasteiger partial charge in [0, 0.05) is 26.1 Å². The highest BCUT2D eigenvalue weighted by molar-refractivity contribution is 5.79. The van der Waals surface area contributed by atoms with Gasteiger partial charge < -0.3 is 21.3 Å². The van der Waals surface area contributed by atoms with Crippen LogP contribution < -0.4 is 16.4 Å². The number of aliphatic imine (C=N–C) groups is 1. The Kier molecular flexibility index (Phi) is 9.20. The maximum Gasteiger partial charge on any atom is 0.220 e. The molecule has 1 aromatic carbocycles. The molecule has 0 atom stereocenters. The Balaban J connectivity index is 1.55. The summed E-state index contributed by atoms with van der Waals surface area (Å²) in [6.07, 6.45) is 4.77. The van der Waals surface area contributed by atoms with Crippen molar-refractivity contribution in [2.45, 2.75) is 39.0 Å². The van der Waals surface area contributed by atoms with Gasteiger partial charge in [-0.05, 0) is 81.9 Å². The van der Waals surface area contributed by atoms with Crippen molar-refractivity contribution >= 4 is 11.9 Å². The zero-order valence-electron chi connectivity index (χ0n) is 17.1. The van der Waals surface area contributed by atoms with Crippen molar-refractivity contribution in [3.05, 3.63) is 35.1 Å². The molecule has 0 radical (unpaired) electrons. The standard InChI is InChI=1S/C21H34FN5O/c1-16-15-19(22)6-5-17(16)7-11-26-21(24-2)25-10-3-4-12-27-13-8-18(9-14-27)20(23)28/h5-6,15,18H,3-4,7-14H2,1-2H3,(H2,23,28)(H2,24,25,26). The van der Waals surface area contributed by atoms with E-state index in [-0.39, 0.29) is 17.6 Å². The van der Waals surface area contributed by atoms with Crippen molar-refractivity contribution in [2.75, 3.05) is 39.8 Å². The first-order valence-electron chi connectivity index (χ1n) is 10.2. The van der Waals surface area contributed by atoms with E-state index < -0.39 is 0 Å². The maximum atomic E-state index is 13.2.